The molecule has 0 amide bonds. The van der Waals surface area contributed by atoms with Crippen LogP contribution in [0.3, 0.4) is 0 Å². The summed E-state index contributed by atoms with van der Waals surface area (Å²) in [6, 6.07) is -0.869. The van der Waals surface area contributed by atoms with Crippen LogP contribution in [-0.4, -0.2) is 78.4 Å². The van der Waals surface area contributed by atoms with Gasteiger partial charge in [-0.3, -0.25) is 9.69 Å². The Labute approximate surface area is 170 Å². The number of aryl methyl sites for hydroxylation is 2. The Hall–Kier alpha value is -2.20. The molecule has 28 heavy (non-hydrogen) atoms. The van der Waals surface area contributed by atoms with Crippen molar-refractivity contribution in [1.82, 2.24) is 20.3 Å². The van der Waals surface area contributed by atoms with E-state index in [-0.39, 0.29) is 6.42 Å². The number of ether oxygens (including phenoxy) is 2. The maximum absolute atomic E-state index is 11.9. The lowest BCUT2D eigenvalue weighted by Crippen LogP contribution is -2.49. The molecule has 10 heteroatoms. The van der Waals surface area contributed by atoms with Gasteiger partial charge in [0.2, 0.25) is 0 Å². The van der Waals surface area contributed by atoms with Gasteiger partial charge in [-0.05, 0) is 32.5 Å². The number of nitrogens with zero attached hydrogens (tertiary/aromatic N) is 3. The van der Waals surface area contributed by atoms with Gasteiger partial charge in [0.1, 0.15) is 11.8 Å². The summed E-state index contributed by atoms with van der Waals surface area (Å²) < 4.78 is 14.6. The van der Waals surface area contributed by atoms with E-state index in [1.54, 1.807) is 0 Å². The number of aromatic nitrogens is 1. The standard InChI is InChI=1S/C18H28N4O5S/c1-12-14(13(2)27-20-12)11-21-6-5-7-22(9-8-21)18(28)19-15(17(24)26-4)10-16(23)25-3/h15H,5-11H2,1-4H3,(H,19,28). The van der Waals surface area contributed by atoms with Crippen molar-refractivity contribution in [3.8, 4) is 0 Å². The van der Waals surface area contributed by atoms with Crippen LogP contribution < -0.4 is 5.32 Å². The molecular formula is C18H28N4O5S. The van der Waals surface area contributed by atoms with E-state index in [1.807, 2.05) is 18.7 Å². The van der Waals surface area contributed by atoms with E-state index in [0.717, 1.165) is 49.6 Å². The monoisotopic (exact) mass is 412 g/mol. The summed E-state index contributed by atoms with van der Waals surface area (Å²) in [6.45, 7) is 7.85. The van der Waals surface area contributed by atoms with Crippen LogP contribution in [-0.2, 0) is 25.6 Å². The number of methoxy groups -OCH3 is 2. The first kappa shape index (κ1) is 22.1. The maximum Gasteiger partial charge on any atom is 0.328 e. The van der Waals surface area contributed by atoms with E-state index in [2.05, 4.69) is 20.1 Å². The Morgan fingerprint density at radius 2 is 1.96 bits per heavy atom. The highest BCUT2D eigenvalue weighted by Gasteiger charge is 2.26. The van der Waals surface area contributed by atoms with Crippen LogP contribution in [0.1, 0.15) is 29.9 Å². The maximum atomic E-state index is 11.9. The Morgan fingerprint density at radius 1 is 1.21 bits per heavy atom. The summed E-state index contributed by atoms with van der Waals surface area (Å²) in [7, 11) is 2.55. The van der Waals surface area contributed by atoms with E-state index in [0.29, 0.717) is 11.7 Å². The molecule has 1 aromatic heterocycles. The highest BCUT2D eigenvalue weighted by molar-refractivity contribution is 7.80. The van der Waals surface area contributed by atoms with Crippen molar-refractivity contribution in [1.29, 1.82) is 0 Å². The highest BCUT2D eigenvalue weighted by atomic mass is 32.1. The van der Waals surface area contributed by atoms with Gasteiger partial charge in [-0.25, -0.2) is 4.79 Å². The van der Waals surface area contributed by atoms with Gasteiger partial charge in [0.05, 0.1) is 26.3 Å². The third-order valence-corrected chi connectivity index (χ3v) is 5.20. The second kappa shape index (κ2) is 10.4. The lowest BCUT2D eigenvalue weighted by Gasteiger charge is -2.27. The second-order valence-electron chi connectivity index (χ2n) is 6.72. The van der Waals surface area contributed by atoms with E-state index < -0.39 is 18.0 Å². The molecule has 2 heterocycles. The summed E-state index contributed by atoms with van der Waals surface area (Å²) in [5, 5.41) is 7.39. The summed E-state index contributed by atoms with van der Waals surface area (Å²) in [5.41, 5.74) is 2.04. The molecule has 1 aliphatic heterocycles. The minimum atomic E-state index is -0.869. The van der Waals surface area contributed by atoms with Crippen molar-refractivity contribution in [2.24, 2.45) is 0 Å². The predicted octanol–water partition coefficient (Wildman–Crippen LogP) is 0.778. The number of carbonyl (C=O) groups is 2. The molecule has 1 N–H and O–H groups in total. The SMILES string of the molecule is COC(=O)CC(NC(=S)N1CCCN(Cc2c(C)noc2C)CC1)C(=O)OC. The van der Waals surface area contributed by atoms with Crippen molar-refractivity contribution in [3.63, 3.8) is 0 Å². The third-order valence-electron chi connectivity index (χ3n) is 4.82. The van der Waals surface area contributed by atoms with Gasteiger partial charge < -0.3 is 24.2 Å². The number of carbonyl (C=O) groups excluding carboxylic acids is 2. The zero-order chi connectivity index (χ0) is 20.7. The van der Waals surface area contributed by atoms with E-state index >= 15 is 0 Å². The smallest absolute Gasteiger partial charge is 0.328 e. The molecule has 1 fully saturated rings. The van der Waals surface area contributed by atoms with E-state index in [9.17, 15) is 9.59 Å². The molecule has 0 saturated carbocycles. The quantitative estimate of drug-likeness (QED) is 0.533. The van der Waals surface area contributed by atoms with Crippen molar-refractivity contribution < 1.29 is 23.6 Å². The molecule has 1 aliphatic rings. The molecular weight excluding hydrogens is 384 g/mol. The zero-order valence-corrected chi connectivity index (χ0v) is 17.6. The first-order valence-electron chi connectivity index (χ1n) is 9.19. The van der Waals surface area contributed by atoms with Crippen LogP contribution in [0.25, 0.3) is 0 Å². The van der Waals surface area contributed by atoms with Crippen LogP contribution in [0.15, 0.2) is 4.52 Å². The van der Waals surface area contributed by atoms with Crippen molar-refractivity contribution >= 4 is 29.3 Å². The lowest BCUT2D eigenvalue weighted by atomic mass is 10.2. The number of hydrogen-bond donors (Lipinski definition) is 1. The molecule has 0 aliphatic carbocycles. The van der Waals surface area contributed by atoms with Crippen LogP contribution in [0.4, 0.5) is 0 Å². The van der Waals surface area contributed by atoms with Gasteiger partial charge >= 0.3 is 11.9 Å². The zero-order valence-electron chi connectivity index (χ0n) is 16.8. The first-order chi connectivity index (χ1) is 13.3. The molecule has 1 aromatic rings. The number of nitrogens with one attached hydrogen (secondary N) is 1. The van der Waals surface area contributed by atoms with Crippen LogP contribution in [0.2, 0.25) is 0 Å². The Bertz CT molecular complexity index is 689. The third kappa shape index (κ3) is 5.90. The predicted molar refractivity (Wildman–Crippen MR) is 106 cm³/mol. The molecule has 9 nitrogen and oxygen atoms in total. The largest absolute Gasteiger partial charge is 0.469 e. The molecule has 1 unspecified atom stereocenters. The molecule has 1 saturated heterocycles. The van der Waals surface area contributed by atoms with E-state index in [4.69, 9.17) is 21.5 Å². The molecule has 2 rings (SSSR count). The first-order valence-corrected chi connectivity index (χ1v) is 9.60. The number of hydrogen-bond acceptors (Lipinski definition) is 8. The van der Waals surface area contributed by atoms with E-state index in [1.165, 1.54) is 14.2 Å². The molecule has 1 atom stereocenters. The molecule has 0 aromatic carbocycles. The van der Waals surface area contributed by atoms with Gasteiger partial charge in [-0.15, -0.1) is 0 Å². The Balaban J connectivity index is 1.93. The summed E-state index contributed by atoms with van der Waals surface area (Å²) in [4.78, 5) is 27.9. The summed E-state index contributed by atoms with van der Waals surface area (Å²) >= 11 is 5.47. The van der Waals surface area contributed by atoms with Gasteiger partial charge in [-0.1, -0.05) is 5.16 Å². The number of rotatable bonds is 6. The van der Waals surface area contributed by atoms with Crippen LogP contribution >= 0.6 is 12.2 Å². The van der Waals surface area contributed by atoms with Crippen molar-refractivity contribution in [2.75, 3.05) is 40.4 Å². The Kier molecular flexibility index (Phi) is 8.18. The average molecular weight is 413 g/mol. The van der Waals surface area contributed by atoms with Crippen LogP contribution in [0.5, 0.6) is 0 Å². The summed E-state index contributed by atoms with van der Waals surface area (Å²) in [5.74, 6) is -0.214. The van der Waals surface area contributed by atoms with Gasteiger partial charge in [0.15, 0.2) is 5.11 Å². The fourth-order valence-corrected chi connectivity index (χ4v) is 3.43. The second-order valence-corrected chi connectivity index (χ2v) is 7.11. The fourth-order valence-electron chi connectivity index (χ4n) is 3.11. The van der Waals surface area contributed by atoms with Crippen molar-refractivity contribution in [2.45, 2.75) is 39.3 Å². The lowest BCUT2D eigenvalue weighted by molar-refractivity contribution is -0.149. The van der Waals surface area contributed by atoms with Gasteiger partial charge in [-0.2, -0.15) is 0 Å². The summed E-state index contributed by atoms with van der Waals surface area (Å²) in [6.07, 6.45) is 0.778. The normalized spacial score (nSPS) is 16.2. The molecule has 0 radical (unpaired) electrons. The minimum absolute atomic E-state index is 0.144. The average Bonchev–Trinajstić information content (AvgIpc) is 2.88. The highest BCUT2D eigenvalue weighted by Crippen LogP contribution is 2.16. The topological polar surface area (TPSA) is 97.1 Å². The molecule has 0 spiro atoms. The van der Waals surface area contributed by atoms with Gasteiger partial charge in [0.25, 0.3) is 0 Å². The number of thiocarbonyl (C=S) groups is 1. The number of esters is 2. The van der Waals surface area contributed by atoms with Crippen molar-refractivity contribution in [3.05, 3.63) is 17.0 Å². The Morgan fingerprint density at radius 3 is 2.57 bits per heavy atom. The fraction of sp³-hybridized carbons (Fsp3) is 0.667. The van der Waals surface area contributed by atoms with Gasteiger partial charge in [0, 0.05) is 38.3 Å². The molecule has 156 valence electrons. The minimum Gasteiger partial charge on any atom is -0.469 e. The molecule has 0 bridgehead atoms. The van der Waals surface area contributed by atoms with Crippen LogP contribution in [0, 0.1) is 13.8 Å².